The minimum absolute atomic E-state index is 0.0655. The number of ether oxygens (including phenoxy) is 1. The molecule has 2 rings (SSSR count). The second-order valence-electron chi connectivity index (χ2n) is 7.18. The van der Waals surface area contributed by atoms with Crippen molar-refractivity contribution in [2.24, 2.45) is 17.8 Å². The molecule has 0 spiro atoms. The van der Waals surface area contributed by atoms with E-state index in [-0.39, 0.29) is 22.9 Å². The number of anilines is 1. The van der Waals surface area contributed by atoms with Gasteiger partial charge in [0, 0.05) is 42.0 Å². The van der Waals surface area contributed by atoms with Crippen LogP contribution in [0.3, 0.4) is 0 Å². The number of nitrogens with zero attached hydrogens (tertiary/aromatic N) is 1. The van der Waals surface area contributed by atoms with E-state index >= 15 is 0 Å². The zero-order chi connectivity index (χ0) is 21.6. The molecule has 0 radical (unpaired) electrons. The summed E-state index contributed by atoms with van der Waals surface area (Å²) in [6.45, 7) is 3.79. The summed E-state index contributed by atoms with van der Waals surface area (Å²) in [7, 11) is 0. The quantitative estimate of drug-likeness (QED) is 0.530. The smallest absolute Gasteiger partial charge is 0.286 e. The fraction of sp³-hybridized carbons (Fsp3) is 0.600. The Bertz CT molecular complexity index is 826. The van der Waals surface area contributed by atoms with Crippen molar-refractivity contribution in [2.75, 3.05) is 18.5 Å². The second kappa shape index (κ2) is 10.7. The number of amides is 1. The van der Waals surface area contributed by atoms with Gasteiger partial charge < -0.3 is 14.6 Å². The molecule has 1 aliphatic rings. The number of carbonyl (C=O) groups excluding carboxylic acids is 1. The molecule has 1 aliphatic heterocycles. The van der Waals surface area contributed by atoms with Crippen LogP contribution in [0.5, 0.6) is 0 Å². The lowest BCUT2D eigenvalue weighted by Gasteiger charge is -2.19. The van der Waals surface area contributed by atoms with Crippen molar-refractivity contribution in [1.29, 1.82) is 0 Å². The molecule has 0 saturated carbocycles. The predicted octanol–water partition coefficient (Wildman–Crippen LogP) is 3.50. The number of hydrogen-bond acceptors (Lipinski definition) is 3. The number of halogens is 4. The number of rotatable bonds is 7. The Morgan fingerprint density at radius 2 is 2.17 bits per heavy atom. The van der Waals surface area contributed by atoms with E-state index in [1.165, 1.54) is 0 Å². The van der Waals surface area contributed by atoms with Crippen molar-refractivity contribution in [3.63, 3.8) is 0 Å². The van der Waals surface area contributed by atoms with Crippen LogP contribution in [-0.4, -0.2) is 35.5 Å². The van der Waals surface area contributed by atoms with Gasteiger partial charge in [0.05, 0.1) is 18.8 Å². The minimum Gasteiger partial charge on any atom is -0.380 e. The SMILES string of the molecule is CC(CC(C#C[C@@H]1CCOC1)C(C)Cl)C(=O)Nc1cc(F)c(=O)n(CC(F)F)c1. The van der Waals surface area contributed by atoms with Crippen LogP contribution < -0.4 is 10.9 Å². The fourth-order valence-electron chi connectivity index (χ4n) is 2.94. The van der Waals surface area contributed by atoms with Crippen LogP contribution in [0.25, 0.3) is 0 Å². The maximum Gasteiger partial charge on any atom is 0.286 e. The molecule has 9 heteroatoms. The Hall–Kier alpha value is -1.98. The summed E-state index contributed by atoms with van der Waals surface area (Å²) in [5.41, 5.74) is -1.23. The van der Waals surface area contributed by atoms with Crippen LogP contribution in [0.15, 0.2) is 17.1 Å². The van der Waals surface area contributed by atoms with Crippen molar-refractivity contribution in [3.05, 3.63) is 28.4 Å². The van der Waals surface area contributed by atoms with Crippen molar-refractivity contribution in [2.45, 2.75) is 45.0 Å². The Morgan fingerprint density at radius 1 is 1.45 bits per heavy atom. The third kappa shape index (κ3) is 7.09. The van der Waals surface area contributed by atoms with Crippen LogP contribution in [-0.2, 0) is 16.1 Å². The van der Waals surface area contributed by atoms with E-state index in [1.807, 2.05) is 0 Å². The van der Waals surface area contributed by atoms with E-state index < -0.39 is 36.2 Å². The van der Waals surface area contributed by atoms with E-state index in [0.29, 0.717) is 24.2 Å². The van der Waals surface area contributed by atoms with Crippen LogP contribution in [0.1, 0.15) is 26.7 Å². The zero-order valence-corrected chi connectivity index (χ0v) is 17.0. The number of pyridine rings is 1. The highest BCUT2D eigenvalue weighted by Gasteiger charge is 2.23. The lowest BCUT2D eigenvalue weighted by molar-refractivity contribution is -0.119. The summed E-state index contributed by atoms with van der Waals surface area (Å²) in [5, 5.41) is 2.18. The fourth-order valence-corrected chi connectivity index (χ4v) is 3.11. The number of carbonyl (C=O) groups is 1. The van der Waals surface area contributed by atoms with Gasteiger partial charge in [-0.2, -0.15) is 0 Å². The van der Waals surface area contributed by atoms with Gasteiger partial charge in [-0.15, -0.1) is 11.6 Å². The molecule has 1 aromatic rings. The predicted molar refractivity (Wildman–Crippen MR) is 105 cm³/mol. The monoisotopic (exact) mass is 432 g/mol. The Kier molecular flexibility index (Phi) is 8.60. The molecule has 0 aliphatic carbocycles. The number of alkyl halides is 3. The lowest BCUT2D eigenvalue weighted by Crippen LogP contribution is -2.28. The molecular formula is C20H24ClF3N2O3. The van der Waals surface area contributed by atoms with Crippen LogP contribution in [0.2, 0.25) is 0 Å². The summed E-state index contributed by atoms with van der Waals surface area (Å²) in [6.07, 6.45) is -0.585. The standard InChI is InChI=1S/C20H24ClF3N2O3/c1-12(7-15(13(2)21)4-3-14-5-6-29-11-14)19(27)25-16-8-17(22)20(28)26(9-16)10-18(23)24/h8-9,12-15,18H,5-7,10-11H2,1-2H3,(H,25,27)/t12?,13?,14-,15?/m1/s1. The Balaban J connectivity index is 2.05. The normalized spacial score (nSPS) is 19.3. The summed E-state index contributed by atoms with van der Waals surface area (Å²) in [4.78, 5) is 24.1. The van der Waals surface area contributed by atoms with E-state index in [4.69, 9.17) is 16.3 Å². The molecule has 3 unspecified atom stereocenters. The van der Waals surface area contributed by atoms with Gasteiger partial charge in [-0.1, -0.05) is 18.8 Å². The number of nitrogens with one attached hydrogen (secondary N) is 1. The van der Waals surface area contributed by atoms with Crippen LogP contribution >= 0.6 is 11.6 Å². The first-order valence-corrected chi connectivity index (χ1v) is 9.83. The summed E-state index contributed by atoms with van der Waals surface area (Å²) >= 11 is 6.22. The van der Waals surface area contributed by atoms with E-state index in [1.54, 1.807) is 13.8 Å². The lowest BCUT2D eigenvalue weighted by atomic mass is 9.92. The number of aromatic nitrogens is 1. The highest BCUT2D eigenvalue weighted by Crippen LogP contribution is 2.22. The molecule has 1 aromatic heterocycles. The molecule has 2 heterocycles. The molecule has 1 amide bonds. The van der Waals surface area contributed by atoms with Crippen molar-refractivity contribution in [3.8, 4) is 11.8 Å². The molecule has 1 fully saturated rings. The van der Waals surface area contributed by atoms with E-state index in [9.17, 15) is 22.8 Å². The molecule has 4 atom stereocenters. The topological polar surface area (TPSA) is 60.3 Å². The first-order valence-electron chi connectivity index (χ1n) is 9.39. The minimum atomic E-state index is -2.83. The molecule has 29 heavy (non-hydrogen) atoms. The summed E-state index contributed by atoms with van der Waals surface area (Å²) < 4.78 is 44.7. The third-order valence-electron chi connectivity index (χ3n) is 4.66. The summed E-state index contributed by atoms with van der Waals surface area (Å²) in [5.74, 6) is 4.02. The van der Waals surface area contributed by atoms with Crippen molar-refractivity contribution >= 4 is 23.2 Å². The molecule has 160 valence electrons. The average molecular weight is 433 g/mol. The van der Waals surface area contributed by atoms with E-state index in [0.717, 1.165) is 18.7 Å². The van der Waals surface area contributed by atoms with Crippen molar-refractivity contribution in [1.82, 2.24) is 4.57 Å². The van der Waals surface area contributed by atoms with Gasteiger partial charge in [-0.3, -0.25) is 9.59 Å². The molecular weight excluding hydrogens is 409 g/mol. The van der Waals surface area contributed by atoms with Crippen LogP contribution in [0.4, 0.5) is 18.9 Å². The first kappa shape index (κ1) is 23.3. The molecule has 0 bridgehead atoms. The maximum atomic E-state index is 13.7. The van der Waals surface area contributed by atoms with Crippen LogP contribution in [0, 0.1) is 35.4 Å². The Labute approximate surface area is 172 Å². The molecule has 5 nitrogen and oxygen atoms in total. The molecule has 1 saturated heterocycles. The summed E-state index contributed by atoms with van der Waals surface area (Å²) in [6, 6.07) is 0.816. The Morgan fingerprint density at radius 3 is 2.76 bits per heavy atom. The van der Waals surface area contributed by atoms with Crippen molar-refractivity contribution < 1.29 is 22.7 Å². The van der Waals surface area contributed by atoms with Gasteiger partial charge in [-0.05, 0) is 19.8 Å². The first-order chi connectivity index (χ1) is 13.7. The van der Waals surface area contributed by atoms with Gasteiger partial charge in [-0.25, -0.2) is 13.2 Å². The van der Waals surface area contributed by atoms with Gasteiger partial charge in [0.2, 0.25) is 5.91 Å². The van der Waals surface area contributed by atoms with Gasteiger partial charge >= 0.3 is 0 Å². The van der Waals surface area contributed by atoms with E-state index in [2.05, 4.69) is 17.2 Å². The van der Waals surface area contributed by atoms with Gasteiger partial charge in [0.1, 0.15) is 0 Å². The molecule has 0 aromatic carbocycles. The highest BCUT2D eigenvalue weighted by atomic mass is 35.5. The zero-order valence-electron chi connectivity index (χ0n) is 16.3. The largest absolute Gasteiger partial charge is 0.380 e. The maximum absolute atomic E-state index is 13.7. The average Bonchev–Trinajstić information content (AvgIpc) is 3.15. The third-order valence-corrected chi connectivity index (χ3v) is 4.96. The number of hydrogen-bond donors (Lipinski definition) is 1. The highest BCUT2D eigenvalue weighted by molar-refractivity contribution is 6.20. The second-order valence-corrected chi connectivity index (χ2v) is 7.87. The van der Waals surface area contributed by atoms with Gasteiger partial charge in [0.15, 0.2) is 5.82 Å². The molecule has 1 N–H and O–H groups in total. The van der Waals surface area contributed by atoms with Gasteiger partial charge in [0.25, 0.3) is 12.0 Å².